The molecule has 0 spiro atoms. The van der Waals surface area contributed by atoms with Crippen molar-refractivity contribution in [1.82, 2.24) is 0 Å². The van der Waals surface area contributed by atoms with Crippen LogP contribution in [0.5, 0.6) is 0 Å². The number of anilines is 2. The molecule has 0 atom stereocenters. The van der Waals surface area contributed by atoms with Crippen molar-refractivity contribution in [1.29, 1.82) is 0 Å². The number of aryl methyl sites for hydroxylation is 2. The molecule has 0 heterocycles. The van der Waals surface area contributed by atoms with Gasteiger partial charge in [-0.05, 0) is 60.4 Å². The molecule has 0 saturated heterocycles. The van der Waals surface area contributed by atoms with Crippen LogP contribution in [0.4, 0.5) is 11.4 Å². The summed E-state index contributed by atoms with van der Waals surface area (Å²) in [6.07, 6.45) is 1.62. The van der Waals surface area contributed by atoms with Gasteiger partial charge in [0, 0.05) is 21.2 Å². The summed E-state index contributed by atoms with van der Waals surface area (Å²) >= 11 is 0. The lowest BCUT2D eigenvalue weighted by Crippen LogP contribution is -2.03. The Bertz CT molecular complexity index is 597. The molecule has 4 N–H and O–H groups in total. The lowest BCUT2D eigenvalue weighted by atomic mass is 10.1. The Morgan fingerprint density at radius 3 is 1.60 bits per heavy atom. The van der Waals surface area contributed by atoms with Crippen molar-refractivity contribution in [3.63, 3.8) is 0 Å². The predicted octanol–water partition coefficient (Wildman–Crippen LogP) is 3.14. The molecule has 0 unspecified atom stereocenters. The third-order valence-electron chi connectivity index (χ3n) is 3.33. The van der Waals surface area contributed by atoms with Gasteiger partial charge in [0.15, 0.2) is 0 Å². The molecule has 0 aromatic heterocycles. The molecule has 2 aromatic carbocycles. The molecule has 0 saturated carbocycles. The topological polar surface area (TPSA) is 69.1 Å². The Morgan fingerprint density at radius 2 is 1.25 bits per heavy atom. The van der Waals surface area contributed by atoms with Gasteiger partial charge >= 0.3 is 0 Å². The van der Waals surface area contributed by atoms with Gasteiger partial charge in [-0.3, -0.25) is 0 Å². The maximum atomic E-state index is 12.9. The zero-order chi connectivity index (χ0) is 14.7. The van der Waals surface area contributed by atoms with Crippen LogP contribution < -0.4 is 11.5 Å². The third-order valence-corrected chi connectivity index (χ3v) is 4.93. The SMILES string of the molecule is CCc1cc(N)ccc1S(=O)c1ccc(N)cc1CC. The van der Waals surface area contributed by atoms with Crippen LogP contribution in [0.3, 0.4) is 0 Å². The Morgan fingerprint density at radius 1 is 0.850 bits per heavy atom. The second-order valence-corrected chi connectivity index (χ2v) is 6.13. The van der Waals surface area contributed by atoms with Gasteiger partial charge in [0.1, 0.15) is 0 Å². The fraction of sp³-hybridized carbons (Fsp3) is 0.250. The number of hydrogen-bond donors (Lipinski definition) is 2. The highest BCUT2D eigenvalue weighted by atomic mass is 32.2. The van der Waals surface area contributed by atoms with E-state index >= 15 is 0 Å². The first-order valence-electron chi connectivity index (χ1n) is 6.75. The van der Waals surface area contributed by atoms with Crippen LogP contribution in [0.25, 0.3) is 0 Å². The van der Waals surface area contributed by atoms with Gasteiger partial charge in [0.05, 0.1) is 10.8 Å². The standard InChI is InChI=1S/C16H20N2OS/c1-3-11-9-13(17)5-7-15(11)20(19)16-8-6-14(18)10-12(16)4-2/h5-10H,3-4,17-18H2,1-2H3. The summed E-state index contributed by atoms with van der Waals surface area (Å²) in [6.45, 7) is 4.08. The first-order chi connectivity index (χ1) is 9.56. The summed E-state index contributed by atoms with van der Waals surface area (Å²) in [6, 6.07) is 11.1. The van der Waals surface area contributed by atoms with Gasteiger partial charge in [-0.2, -0.15) is 0 Å². The number of hydrogen-bond acceptors (Lipinski definition) is 3. The normalized spacial score (nSPS) is 10.9. The minimum Gasteiger partial charge on any atom is -0.399 e. The Hall–Kier alpha value is -1.81. The fourth-order valence-corrected chi connectivity index (χ4v) is 3.73. The molecular weight excluding hydrogens is 268 g/mol. The average molecular weight is 288 g/mol. The van der Waals surface area contributed by atoms with Gasteiger partial charge in [-0.1, -0.05) is 13.8 Å². The van der Waals surface area contributed by atoms with E-state index in [-0.39, 0.29) is 0 Å². The monoisotopic (exact) mass is 288 g/mol. The Labute approximate surface area is 122 Å². The summed E-state index contributed by atoms with van der Waals surface area (Å²) in [5.74, 6) is 0. The molecule has 2 aromatic rings. The lowest BCUT2D eigenvalue weighted by Gasteiger charge is -2.12. The van der Waals surface area contributed by atoms with Gasteiger partial charge < -0.3 is 11.5 Å². The summed E-state index contributed by atoms with van der Waals surface area (Å²) in [4.78, 5) is 1.67. The maximum absolute atomic E-state index is 12.9. The van der Waals surface area contributed by atoms with Crippen LogP contribution in [0.2, 0.25) is 0 Å². The molecule has 106 valence electrons. The minimum atomic E-state index is -1.20. The van der Waals surface area contributed by atoms with Crippen LogP contribution in [0.15, 0.2) is 46.2 Å². The van der Waals surface area contributed by atoms with Crippen LogP contribution in [-0.4, -0.2) is 4.21 Å². The van der Waals surface area contributed by atoms with Crippen molar-refractivity contribution in [2.24, 2.45) is 0 Å². The second-order valence-electron chi connectivity index (χ2n) is 4.71. The van der Waals surface area contributed by atoms with E-state index in [1.54, 1.807) is 12.1 Å². The smallest absolute Gasteiger partial charge is 0.0855 e. The number of nitrogen functional groups attached to an aromatic ring is 2. The maximum Gasteiger partial charge on any atom is 0.0855 e. The third kappa shape index (κ3) is 2.85. The van der Waals surface area contributed by atoms with E-state index in [0.29, 0.717) is 11.4 Å². The van der Waals surface area contributed by atoms with E-state index < -0.39 is 10.8 Å². The summed E-state index contributed by atoms with van der Waals surface area (Å²) in [7, 11) is -1.20. The molecule has 0 aliphatic heterocycles. The Kier molecular flexibility index (Phi) is 4.45. The number of rotatable bonds is 4. The molecule has 20 heavy (non-hydrogen) atoms. The second kappa shape index (κ2) is 6.09. The quantitative estimate of drug-likeness (QED) is 0.849. The molecule has 0 aliphatic rings. The van der Waals surface area contributed by atoms with E-state index in [4.69, 9.17) is 11.5 Å². The highest BCUT2D eigenvalue weighted by Gasteiger charge is 2.14. The van der Waals surface area contributed by atoms with Gasteiger partial charge in [-0.25, -0.2) is 4.21 Å². The van der Waals surface area contributed by atoms with Crippen molar-refractivity contribution in [2.75, 3.05) is 11.5 Å². The van der Waals surface area contributed by atoms with Crippen LogP contribution in [-0.2, 0) is 23.6 Å². The molecule has 0 amide bonds. The first-order valence-corrected chi connectivity index (χ1v) is 7.90. The van der Waals surface area contributed by atoms with E-state index in [2.05, 4.69) is 0 Å². The van der Waals surface area contributed by atoms with E-state index in [1.165, 1.54) is 0 Å². The summed E-state index contributed by atoms with van der Waals surface area (Å²) in [5, 5.41) is 0. The van der Waals surface area contributed by atoms with Gasteiger partial charge in [0.25, 0.3) is 0 Å². The van der Waals surface area contributed by atoms with Crippen molar-refractivity contribution in [3.8, 4) is 0 Å². The van der Waals surface area contributed by atoms with Crippen LogP contribution >= 0.6 is 0 Å². The highest BCUT2D eigenvalue weighted by molar-refractivity contribution is 7.85. The Balaban J connectivity index is 2.51. The van der Waals surface area contributed by atoms with E-state index in [1.807, 2.05) is 38.1 Å². The van der Waals surface area contributed by atoms with Crippen molar-refractivity contribution >= 4 is 22.2 Å². The van der Waals surface area contributed by atoms with Gasteiger partial charge in [0.2, 0.25) is 0 Å². The molecule has 2 rings (SSSR count). The lowest BCUT2D eigenvalue weighted by molar-refractivity contribution is 0.681. The number of benzene rings is 2. The molecule has 0 radical (unpaired) electrons. The van der Waals surface area contributed by atoms with E-state index in [0.717, 1.165) is 33.8 Å². The first kappa shape index (κ1) is 14.6. The molecule has 0 bridgehead atoms. The minimum absolute atomic E-state index is 0.704. The highest BCUT2D eigenvalue weighted by Crippen LogP contribution is 2.26. The zero-order valence-corrected chi connectivity index (χ0v) is 12.7. The molecule has 3 nitrogen and oxygen atoms in total. The summed E-state index contributed by atoms with van der Waals surface area (Å²) in [5.41, 5.74) is 15.1. The summed E-state index contributed by atoms with van der Waals surface area (Å²) < 4.78 is 12.9. The fourth-order valence-electron chi connectivity index (χ4n) is 2.23. The predicted molar refractivity (Wildman–Crippen MR) is 85.1 cm³/mol. The van der Waals surface area contributed by atoms with Crippen LogP contribution in [0.1, 0.15) is 25.0 Å². The molecule has 4 heteroatoms. The average Bonchev–Trinajstić information content (AvgIpc) is 2.46. The largest absolute Gasteiger partial charge is 0.399 e. The molecule has 0 fully saturated rings. The van der Waals surface area contributed by atoms with Gasteiger partial charge in [-0.15, -0.1) is 0 Å². The van der Waals surface area contributed by atoms with Crippen molar-refractivity contribution in [3.05, 3.63) is 47.5 Å². The molecular formula is C16H20N2OS. The zero-order valence-electron chi connectivity index (χ0n) is 11.8. The van der Waals surface area contributed by atoms with E-state index in [9.17, 15) is 4.21 Å². The van der Waals surface area contributed by atoms with Crippen LogP contribution in [0, 0.1) is 0 Å². The molecule has 0 aliphatic carbocycles. The number of nitrogens with two attached hydrogens (primary N) is 2. The van der Waals surface area contributed by atoms with Crippen molar-refractivity contribution < 1.29 is 4.21 Å². The van der Waals surface area contributed by atoms with Crippen molar-refractivity contribution in [2.45, 2.75) is 36.5 Å².